The van der Waals surface area contributed by atoms with Gasteiger partial charge in [-0.3, -0.25) is 4.79 Å². The summed E-state index contributed by atoms with van der Waals surface area (Å²) >= 11 is 5.68. The zero-order chi connectivity index (χ0) is 14.5. The SMILES string of the molecule is CC(C)N(C(=O)CCl)c1ccc(N2CCOCC2)cc1. The minimum absolute atomic E-state index is 0.00337. The van der Waals surface area contributed by atoms with Crippen LogP contribution in [0.25, 0.3) is 0 Å². The van der Waals surface area contributed by atoms with Gasteiger partial charge in [0.1, 0.15) is 5.88 Å². The van der Waals surface area contributed by atoms with E-state index in [0.29, 0.717) is 0 Å². The van der Waals surface area contributed by atoms with Crippen LogP contribution in [-0.4, -0.2) is 44.1 Å². The third-order valence-corrected chi connectivity index (χ3v) is 3.63. The summed E-state index contributed by atoms with van der Waals surface area (Å²) in [6, 6.07) is 8.16. The Bertz CT molecular complexity index is 442. The maximum absolute atomic E-state index is 11.9. The van der Waals surface area contributed by atoms with Gasteiger partial charge in [-0.05, 0) is 38.1 Å². The fourth-order valence-electron chi connectivity index (χ4n) is 2.44. The second-order valence-electron chi connectivity index (χ2n) is 5.11. The number of alkyl halides is 1. The van der Waals surface area contributed by atoms with Crippen LogP contribution in [0.1, 0.15) is 13.8 Å². The molecule has 1 amide bonds. The van der Waals surface area contributed by atoms with Crippen molar-refractivity contribution in [2.75, 3.05) is 42.0 Å². The first kappa shape index (κ1) is 15.1. The van der Waals surface area contributed by atoms with Crippen LogP contribution >= 0.6 is 11.6 Å². The number of ether oxygens (including phenoxy) is 1. The molecule has 0 aliphatic carbocycles. The lowest BCUT2D eigenvalue weighted by Crippen LogP contribution is -2.38. The van der Waals surface area contributed by atoms with E-state index in [4.69, 9.17) is 16.3 Å². The Morgan fingerprint density at radius 3 is 2.40 bits per heavy atom. The zero-order valence-electron chi connectivity index (χ0n) is 12.0. The highest BCUT2D eigenvalue weighted by molar-refractivity contribution is 6.29. The van der Waals surface area contributed by atoms with Gasteiger partial charge in [0.2, 0.25) is 5.91 Å². The molecule has 2 rings (SSSR count). The first-order valence-electron chi connectivity index (χ1n) is 6.94. The largest absolute Gasteiger partial charge is 0.378 e. The van der Waals surface area contributed by atoms with Gasteiger partial charge in [0.15, 0.2) is 0 Å². The highest BCUT2D eigenvalue weighted by Gasteiger charge is 2.18. The van der Waals surface area contributed by atoms with Gasteiger partial charge in [-0.15, -0.1) is 11.6 Å². The van der Waals surface area contributed by atoms with Gasteiger partial charge in [-0.25, -0.2) is 0 Å². The fraction of sp³-hybridized carbons (Fsp3) is 0.533. The van der Waals surface area contributed by atoms with Gasteiger partial charge in [-0.1, -0.05) is 0 Å². The molecule has 20 heavy (non-hydrogen) atoms. The van der Waals surface area contributed by atoms with Crippen LogP contribution in [0.3, 0.4) is 0 Å². The number of carbonyl (C=O) groups is 1. The number of carbonyl (C=O) groups excluding carboxylic acids is 1. The number of halogens is 1. The van der Waals surface area contributed by atoms with Crippen molar-refractivity contribution in [1.29, 1.82) is 0 Å². The topological polar surface area (TPSA) is 32.8 Å². The summed E-state index contributed by atoms with van der Waals surface area (Å²) in [5, 5.41) is 0. The highest BCUT2D eigenvalue weighted by Crippen LogP contribution is 2.23. The molecule has 0 bridgehead atoms. The van der Waals surface area contributed by atoms with E-state index < -0.39 is 0 Å². The number of rotatable bonds is 4. The minimum Gasteiger partial charge on any atom is -0.378 e. The van der Waals surface area contributed by atoms with Gasteiger partial charge in [0, 0.05) is 30.5 Å². The van der Waals surface area contributed by atoms with Crippen LogP contribution in [0, 0.1) is 0 Å². The Labute approximate surface area is 125 Å². The summed E-state index contributed by atoms with van der Waals surface area (Å²) in [6.07, 6.45) is 0. The molecule has 0 N–H and O–H groups in total. The zero-order valence-corrected chi connectivity index (χ0v) is 12.8. The predicted molar refractivity (Wildman–Crippen MR) is 82.8 cm³/mol. The molecule has 0 saturated carbocycles. The first-order chi connectivity index (χ1) is 9.63. The Kier molecular flexibility index (Phi) is 5.26. The lowest BCUT2D eigenvalue weighted by Gasteiger charge is -2.30. The Morgan fingerprint density at radius 2 is 1.90 bits per heavy atom. The molecule has 1 heterocycles. The molecular weight excluding hydrogens is 276 g/mol. The fourth-order valence-corrected chi connectivity index (χ4v) is 2.57. The molecule has 4 nitrogen and oxygen atoms in total. The lowest BCUT2D eigenvalue weighted by atomic mass is 10.2. The van der Waals surface area contributed by atoms with Gasteiger partial charge in [0.25, 0.3) is 0 Å². The van der Waals surface area contributed by atoms with Crippen LogP contribution in [0.4, 0.5) is 11.4 Å². The molecule has 0 spiro atoms. The third-order valence-electron chi connectivity index (χ3n) is 3.40. The van der Waals surface area contributed by atoms with E-state index in [2.05, 4.69) is 17.0 Å². The Morgan fingerprint density at radius 1 is 1.30 bits per heavy atom. The van der Waals surface area contributed by atoms with E-state index in [1.54, 1.807) is 4.90 Å². The number of hydrogen-bond acceptors (Lipinski definition) is 3. The summed E-state index contributed by atoms with van der Waals surface area (Å²) in [5.41, 5.74) is 2.06. The van der Waals surface area contributed by atoms with Gasteiger partial charge in [-0.2, -0.15) is 0 Å². The number of amides is 1. The molecule has 1 aromatic rings. The first-order valence-corrected chi connectivity index (χ1v) is 7.47. The number of anilines is 2. The second kappa shape index (κ2) is 6.95. The second-order valence-corrected chi connectivity index (χ2v) is 5.37. The molecular formula is C15H21ClN2O2. The van der Waals surface area contributed by atoms with Crippen molar-refractivity contribution in [3.05, 3.63) is 24.3 Å². The van der Waals surface area contributed by atoms with Crippen molar-refractivity contribution in [1.82, 2.24) is 0 Å². The molecule has 5 heteroatoms. The van der Waals surface area contributed by atoms with Crippen molar-refractivity contribution in [2.45, 2.75) is 19.9 Å². The monoisotopic (exact) mass is 296 g/mol. The molecule has 1 saturated heterocycles. The smallest absolute Gasteiger partial charge is 0.242 e. The molecule has 0 radical (unpaired) electrons. The summed E-state index contributed by atoms with van der Waals surface area (Å²) in [7, 11) is 0. The normalized spacial score (nSPS) is 15.5. The number of nitrogens with zero attached hydrogens (tertiary/aromatic N) is 2. The van der Waals surface area contributed by atoms with Crippen LogP contribution in [-0.2, 0) is 9.53 Å². The molecule has 1 fully saturated rings. The van der Waals surface area contributed by atoms with E-state index in [1.807, 2.05) is 26.0 Å². The van der Waals surface area contributed by atoms with Crippen LogP contribution in [0.2, 0.25) is 0 Å². The number of morpholine rings is 1. The van der Waals surface area contributed by atoms with Crippen molar-refractivity contribution >= 4 is 28.9 Å². The molecule has 0 unspecified atom stereocenters. The van der Waals surface area contributed by atoms with Gasteiger partial charge >= 0.3 is 0 Å². The number of hydrogen-bond donors (Lipinski definition) is 0. The summed E-state index contributed by atoms with van der Waals surface area (Å²) in [5.74, 6) is -0.0653. The standard InChI is InChI=1S/C15H21ClN2O2/c1-12(2)18(15(19)11-16)14-5-3-13(4-6-14)17-7-9-20-10-8-17/h3-6,12H,7-11H2,1-2H3. The van der Waals surface area contributed by atoms with E-state index in [-0.39, 0.29) is 17.8 Å². The average Bonchev–Trinajstić information content (AvgIpc) is 2.48. The maximum Gasteiger partial charge on any atom is 0.242 e. The molecule has 110 valence electrons. The van der Waals surface area contributed by atoms with Gasteiger partial charge < -0.3 is 14.5 Å². The minimum atomic E-state index is -0.0687. The summed E-state index contributed by atoms with van der Waals surface area (Å²) in [6.45, 7) is 7.33. The van der Waals surface area contributed by atoms with Crippen LogP contribution in [0.5, 0.6) is 0 Å². The van der Waals surface area contributed by atoms with E-state index in [0.717, 1.165) is 32.0 Å². The van der Waals surface area contributed by atoms with Crippen molar-refractivity contribution in [2.24, 2.45) is 0 Å². The van der Waals surface area contributed by atoms with Crippen LogP contribution < -0.4 is 9.80 Å². The molecule has 1 aromatic carbocycles. The lowest BCUT2D eigenvalue weighted by molar-refractivity contribution is -0.116. The molecule has 1 aliphatic rings. The molecule has 0 atom stereocenters. The van der Waals surface area contributed by atoms with E-state index >= 15 is 0 Å². The Balaban J connectivity index is 2.15. The predicted octanol–water partition coefficient (Wildman–Crippen LogP) is 2.50. The van der Waals surface area contributed by atoms with Gasteiger partial charge in [0.05, 0.1) is 13.2 Å². The quantitative estimate of drug-likeness (QED) is 0.800. The number of benzene rings is 1. The maximum atomic E-state index is 11.9. The summed E-state index contributed by atoms with van der Waals surface area (Å²) < 4.78 is 5.35. The van der Waals surface area contributed by atoms with Crippen molar-refractivity contribution in [3.8, 4) is 0 Å². The van der Waals surface area contributed by atoms with Crippen molar-refractivity contribution in [3.63, 3.8) is 0 Å². The highest BCUT2D eigenvalue weighted by atomic mass is 35.5. The van der Waals surface area contributed by atoms with Crippen LogP contribution in [0.15, 0.2) is 24.3 Å². The molecule has 0 aromatic heterocycles. The summed E-state index contributed by atoms with van der Waals surface area (Å²) in [4.78, 5) is 15.9. The van der Waals surface area contributed by atoms with E-state index in [1.165, 1.54) is 5.69 Å². The van der Waals surface area contributed by atoms with E-state index in [9.17, 15) is 4.79 Å². The third kappa shape index (κ3) is 3.44. The Hall–Kier alpha value is -1.26. The average molecular weight is 297 g/mol. The molecule has 1 aliphatic heterocycles. The van der Waals surface area contributed by atoms with Crippen molar-refractivity contribution < 1.29 is 9.53 Å².